The van der Waals surface area contributed by atoms with E-state index < -0.39 is 5.60 Å². The Morgan fingerprint density at radius 3 is 2.89 bits per heavy atom. The number of rotatable bonds is 5. The van der Waals surface area contributed by atoms with Crippen LogP contribution in [0.5, 0.6) is 0 Å². The number of ether oxygens (including phenoxy) is 1. The number of aliphatic hydroxyl groups is 1. The number of nitrogens with one attached hydrogen (secondary N) is 1. The van der Waals surface area contributed by atoms with Gasteiger partial charge in [0.2, 0.25) is 0 Å². The number of benzene rings is 1. The highest BCUT2D eigenvalue weighted by atomic mass is 79.9. The zero-order valence-corrected chi connectivity index (χ0v) is 12.5. The van der Waals surface area contributed by atoms with Crippen LogP contribution in [0.15, 0.2) is 22.7 Å². The third-order valence-electron chi connectivity index (χ3n) is 3.46. The molecule has 0 amide bonds. The molecule has 19 heavy (non-hydrogen) atoms. The van der Waals surface area contributed by atoms with E-state index in [1.807, 2.05) is 13.0 Å². The maximum Gasteiger partial charge on any atom is 0.124 e. The minimum atomic E-state index is -0.794. The average Bonchev–Trinajstić information content (AvgIpc) is 2.76. The van der Waals surface area contributed by atoms with Crippen molar-refractivity contribution in [2.45, 2.75) is 31.4 Å². The van der Waals surface area contributed by atoms with Gasteiger partial charge in [-0.25, -0.2) is 4.39 Å². The summed E-state index contributed by atoms with van der Waals surface area (Å²) in [4.78, 5) is 0. The van der Waals surface area contributed by atoms with E-state index in [0.717, 1.165) is 16.5 Å². The maximum absolute atomic E-state index is 13.4. The Labute approximate surface area is 121 Å². The molecule has 106 valence electrons. The van der Waals surface area contributed by atoms with Gasteiger partial charge in [0.05, 0.1) is 6.61 Å². The van der Waals surface area contributed by atoms with Crippen molar-refractivity contribution in [3.63, 3.8) is 0 Å². The molecule has 2 rings (SSSR count). The highest BCUT2D eigenvalue weighted by molar-refractivity contribution is 9.10. The van der Waals surface area contributed by atoms with Crippen molar-refractivity contribution >= 4 is 15.9 Å². The van der Waals surface area contributed by atoms with Gasteiger partial charge < -0.3 is 15.2 Å². The van der Waals surface area contributed by atoms with Crippen LogP contribution in [0.1, 0.15) is 31.4 Å². The van der Waals surface area contributed by atoms with Gasteiger partial charge >= 0.3 is 0 Å². The van der Waals surface area contributed by atoms with Gasteiger partial charge in [-0.3, -0.25) is 0 Å². The van der Waals surface area contributed by atoms with Crippen LogP contribution in [0, 0.1) is 5.82 Å². The molecule has 0 aromatic heterocycles. The summed E-state index contributed by atoms with van der Waals surface area (Å²) >= 11 is 3.30. The molecule has 5 heteroatoms. The largest absolute Gasteiger partial charge is 0.386 e. The van der Waals surface area contributed by atoms with Crippen molar-refractivity contribution in [1.82, 2.24) is 5.32 Å². The molecule has 2 atom stereocenters. The van der Waals surface area contributed by atoms with Crippen LogP contribution in [-0.4, -0.2) is 30.5 Å². The van der Waals surface area contributed by atoms with Crippen LogP contribution in [0.25, 0.3) is 0 Å². The average molecular weight is 332 g/mol. The van der Waals surface area contributed by atoms with E-state index in [4.69, 9.17) is 4.74 Å². The molecule has 0 radical (unpaired) electrons. The van der Waals surface area contributed by atoms with Crippen molar-refractivity contribution in [1.29, 1.82) is 0 Å². The summed E-state index contributed by atoms with van der Waals surface area (Å²) < 4.78 is 19.4. The van der Waals surface area contributed by atoms with E-state index in [-0.39, 0.29) is 11.9 Å². The molecule has 1 aliphatic heterocycles. The fraction of sp³-hybridized carbons (Fsp3) is 0.571. The van der Waals surface area contributed by atoms with Gasteiger partial charge in [-0.15, -0.1) is 0 Å². The molecule has 1 aromatic rings. The van der Waals surface area contributed by atoms with Crippen LogP contribution < -0.4 is 5.32 Å². The van der Waals surface area contributed by atoms with E-state index in [9.17, 15) is 9.50 Å². The van der Waals surface area contributed by atoms with Crippen LogP contribution in [0.4, 0.5) is 4.39 Å². The van der Waals surface area contributed by atoms with Crippen molar-refractivity contribution < 1.29 is 14.2 Å². The third-order valence-corrected chi connectivity index (χ3v) is 3.91. The second-order valence-corrected chi connectivity index (χ2v) is 5.99. The predicted molar refractivity (Wildman–Crippen MR) is 75.5 cm³/mol. The second kappa shape index (κ2) is 6.31. The molecular formula is C14H19BrFNO2. The molecule has 3 nitrogen and oxygen atoms in total. The summed E-state index contributed by atoms with van der Waals surface area (Å²) in [5.41, 5.74) is 0.0923. The van der Waals surface area contributed by atoms with Crippen molar-refractivity contribution in [2.24, 2.45) is 0 Å². The molecule has 1 aromatic carbocycles. The second-order valence-electron chi connectivity index (χ2n) is 5.07. The highest BCUT2D eigenvalue weighted by Crippen LogP contribution is 2.24. The SMILES string of the molecule is CC[C@H](NC[C@]1(O)CCOC1)c1cc(F)cc(Br)c1. The minimum absolute atomic E-state index is 0.0247. The normalized spacial score (nSPS) is 24.6. The molecule has 0 aliphatic carbocycles. The highest BCUT2D eigenvalue weighted by Gasteiger charge is 2.32. The topological polar surface area (TPSA) is 41.5 Å². The van der Waals surface area contributed by atoms with E-state index in [0.29, 0.717) is 26.2 Å². The van der Waals surface area contributed by atoms with E-state index in [2.05, 4.69) is 21.2 Å². The van der Waals surface area contributed by atoms with Gasteiger partial charge in [0.25, 0.3) is 0 Å². The van der Waals surface area contributed by atoms with Gasteiger partial charge in [-0.1, -0.05) is 22.9 Å². The number of hydrogen-bond acceptors (Lipinski definition) is 3. The van der Waals surface area contributed by atoms with Crippen molar-refractivity contribution in [2.75, 3.05) is 19.8 Å². The van der Waals surface area contributed by atoms with Gasteiger partial charge in [-0.2, -0.15) is 0 Å². The first kappa shape index (κ1) is 14.9. The predicted octanol–water partition coefficient (Wildman–Crippen LogP) is 2.78. The van der Waals surface area contributed by atoms with Gasteiger partial charge in [-0.05, 0) is 30.2 Å². The summed E-state index contributed by atoms with van der Waals surface area (Å²) in [6, 6.07) is 4.89. The molecule has 1 saturated heterocycles. The Kier molecular flexibility index (Phi) is 4.95. The number of halogens is 2. The van der Waals surface area contributed by atoms with Crippen LogP contribution in [0.2, 0.25) is 0 Å². The summed E-state index contributed by atoms with van der Waals surface area (Å²) in [5.74, 6) is -0.257. The molecule has 2 N–H and O–H groups in total. The van der Waals surface area contributed by atoms with Gasteiger partial charge in [0.1, 0.15) is 11.4 Å². The van der Waals surface area contributed by atoms with Gasteiger partial charge in [0, 0.05) is 30.1 Å². The van der Waals surface area contributed by atoms with Crippen molar-refractivity contribution in [3.05, 3.63) is 34.1 Å². The van der Waals surface area contributed by atoms with Crippen molar-refractivity contribution in [3.8, 4) is 0 Å². The molecule has 0 spiro atoms. The zero-order valence-electron chi connectivity index (χ0n) is 11.0. The molecule has 0 saturated carbocycles. The van der Waals surface area contributed by atoms with Crippen LogP contribution in [0.3, 0.4) is 0 Å². The lowest BCUT2D eigenvalue weighted by Gasteiger charge is -2.25. The molecule has 1 heterocycles. The summed E-state index contributed by atoms with van der Waals surface area (Å²) in [6.45, 7) is 3.45. The lowest BCUT2D eigenvalue weighted by atomic mass is 10.0. The number of hydrogen-bond donors (Lipinski definition) is 2. The molecule has 1 fully saturated rings. The first-order valence-corrected chi connectivity index (χ1v) is 7.31. The van der Waals surface area contributed by atoms with E-state index in [1.54, 1.807) is 0 Å². The maximum atomic E-state index is 13.4. The fourth-order valence-electron chi connectivity index (χ4n) is 2.32. The summed E-state index contributed by atoms with van der Waals surface area (Å²) in [5, 5.41) is 13.5. The lowest BCUT2D eigenvalue weighted by molar-refractivity contribution is 0.0246. The lowest BCUT2D eigenvalue weighted by Crippen LogP contribution is -2.42. The van der Waals surface area contributed by atoms with Crippen LogP contribution in [-0.2, 0) is 4.74 Å². The Bertz CT molecular complexity index is 415. The fourth-order valence-corrected chi connectivity index (χ4v) is 2.81. The van der Waals surface area contributed by atoms with E-state index in [1.165, 1.54) is 12.1 Å². The summed E-state index contributed by atoms with van der Waals surface area (Å²) in [6.07, 6.45) is 1.47. The van der Waals surface area contributed by atoms with Gasteiger partial charge in [0.15, 0.2) is 0 Å². The molecule has 1 aliphatic rings. The Morgan fingerprint density at radius 1 is 1.53 bits per heavy atom. The Balaban J connectivity index is 2.03. The molecule has 0 unspecified atom stereocenters. The van der Waals surface area contributed by atoms with E-state index >= 15 is 0 Å². The monoisotopic (exact) mass is 331 g/mol. The zero-order chi connectivity index (χ0) is 13.9. The minimum Gasteiger partial charge on any atom is -0.386 e. The molecule has 0 bridgehead atoms. The first-order valence-electron chi connectivity index (χ1n) is 6.52. The Morgan fingerprint density at radius 2 is 2.32 bits per heavy atom. The first-order chi connectivity index (χ1) is 9.02. The molecular weight excluding hydrogens is 313 g/mol. The smallest absolute Gasteiger partial charge is 0.124 e. The van der Waals surface area contributed by atoms with Crippen LogP contribution >= 0.6 is 15.9 Å². The Hall–Kier alpha value is -0.490. The third kappa shape index (κ3) is 3.99. The summed E-state index contributed by atoms with van der Waals surface area (Å²) in [7, 11) is 0. The quantitative estimate of drug-likeness (QED) is 0.871. The standard InChI is InChI=1S/C14H19BrFNO2/c1-2-13(10-5-11(15)7-12(16)6-10)17-8-14(18)3-4-19-9-14/h5-7,13,17-18H,2-4,8-9H2,1H3/t13-,14+/m0/s1.